The van der Waals surface area contributed by atoms with Crippen LogP contribution in [0.1, 0.15) is 30.1 Å². The summed E-state index contributed by atoms with van der Waals surface area (Å²) in [6, 6.07) is 8.76. The van der Waals surface area contributed by atoms with E-state index in [-0.39, 0.29) is 6.04 Å². The molecule has 0 saturated carbocycles. The van der Waals surface area contributed by atoms with Gasteiger partial charge in [0.2, 0.25) is 0 Å². The number of hydrogen-bond acceptors (Lipinski definition) is 1. The summed E-state index contributed by atoms with van der Waals surface area (Å²) in [6.07, 6.45) is 5.56. The minimum absolute atomic E-state index is 0.208. The van der Waals surface area contributed by atoms with E-state index in [1.807, 2.05) is 0 Å². The third-order valence-electron chi connectivity index (χ3n) is 3.52. The summed E-state index contributed by atoms with van der Waals surface area (Å²) in [5.74, 6) is 0. The maximum absolute atomic E-state index is 6.18. The molecule has 0 bridgehead atoms. The lowest BCUT2D eigenvalue weighted by Crippen LogP contribution is -2.18. The van der Waals surface area contributed by atoms with Crippen molar-refractivity contribution in [1.82, 2.24) is 4.57 Å². The van der Waals surface area contributed by atoms with Crippen molar-refractivity contribution in [3.63, 3.8) is 0 Å². The van der Waals surface area contributed by atoms with Gasteiger partial charge in [0, 0.05) is 26.0 Å². The Labute approximate surface area is 129 Å². The Bertz CT molecular complexity index is 591. The van der Waals surface area contributed by atoms with Crippen LogP contribution in [0.25, 0.3) is 5.69 Å². The zero-order chi connectivity index (χ0) is 12.7. The molecule has 4 heteroatoms. The maximum atomic E-state index is 6.18. The molecule has 1 aromatic heterocycles. The van der Waals surface area contributed by atoms with Gasteiger partial charge in [-0.2, -0.15) is 0 Å². The molecule has 0 radical (unpaired) electrons. The average molecular weight is 417 g/mol. The minimum atomic E-state index is 0.208. The van der Waals surface area contributed by atoms with Crippen LogP contribution >= 0.6 is 38.5 Å². The van der Waals surface area contributed by atoms with Crippen molar-refractivity contribution < 1.29 is 0 Å². The van der Waals surface area contributed by atoms with E-state index < -0.39 is 0 Å². The molecule has 1 unspecified atom stereocenters. The summed E-state index contributed by atoms with van der Waals surface area (Å²) >= 11 is 5.93. The Balaban J connectivity index is 2.15. The molecule has 1 heterocycles. The predicted octanol–water partition coefficient (Wildman–Crippen LogP) is 4.18. The minimum Gasteiger partial charge on any atom is -0.324 e. The first-order valence-corrected chi connectivity index (χ1v) is 7.95. The van der Waals surface area contributed by atoms with Crippen molar-refractivity contribution in [3.05, 3.63) is 49.8 Å². The summed E-state index contributed by atoms with van der Waals surface area (Å²) in [5.41, 5.74) is 10.1. The molecule has 18 heavy (non-hydrogen) atoms. The topological polar surface area (TPSA) is 30.9 Å². The van der Waals surface area contributed by atoms with E-state index in [1.165, 1.54) is 26.9 Å². The lowest BCUT2D eigenvalue weighted by molar-refractivity contribution is 0.560. The standard InChI is InChI=1S/C14H14BrIN2/c15-9-4-5-11(16)14(8-9)18-7-6-10-12(17)2-1-3-13(10)18/h4-8,12H,1-3,17H2. The van der Waals surface area contributed by atoms with E-state index in [9.17, 15) is 0 Å². The van der Waals surface area contributed by atoms with Crippen molar-refractivity contribution in [2.75, 3.05) is 0 Å². The van der Waals surface area contributed by atoms with Gasteiger partial charge in [0.15, 0.2) is 0 Å². The number of fused-ring (bicyclic) bond motifs is 1. The fraction of sp³-hybridized carbons (Fsp3) is 0.286. The number of benzene rings is 1. The van der Waals surface area contributed by atoms with Crippen molar-refractivity contribution in [2.24, 2.45) is 5.73 Å². The Morgan fingerprint density at radius 1 is 1.33 bits per heavy atom. The molecule has 1 atom stereocenters. The van der Waals surface area contributed by atoms with E-state index in [0.29, 0.717) is 0 Å². The third-order valence-corrected chi connectivity index (χ3v) is 4.93. The highest BCUT2D eigenvalue weighted by atomic mass is 127. The fourth-order valence-electron chi connectivity index (χ4n) is 2.62. The molecule has 2 nitrogen and oxygen atoms in total. The lowest BCUT2D eigenvalue weighted by Gasteiger charge is -2.21. The van der Waals surface area contributed by atoms with E-state index >= 15 is 0 Å². The van der Waals surface area contributed by atoms with Gasteiger partial charge in [0.05, 0.1) is 5.69 Å². The van der Waals surface area contributed by atoms with Gasteiger partial charge < -0.3 is 10.3 Å². The molecule has 0 fully saturated rings. The van der Waals surface area contributed by atoms with Gasteiger partial charge in [-0.05, 0) is 71.7 Å². The molecular formula is C14H14BrIN2. The molecule has 1 aliphatic carbocycles. The monoisotopic (exact) mass is 416 g/mol. The molecule has 0 aliphatic heterocycles. The Morgan fingerprint density at radius 3 is 3.00 bits per heavy atom. The first-order valence-electron chi connectivity index (χ1n) is 6.08. The normalized spacial score (nSPS) is 18.7. The van der Waals surface area contributed by atoms with Crippen molar-refractivity contribution in [3.8, 4) is 5.69 Å². The molecule has 0 spiro atoms. The summed E-state index contributed by atoms with van der Waals surface area (Å²) in [6.45, 7) is 0. The van der Waals surface area contributed by atoms with E-state index in [0.717, 1.165) is 17.3 Å². The summed E-state index contributed by atoms with van der Waals surface area (Å²) in [4.78, 5) is 0. The summed E-state index contributed by atoms with van der Waals surface area (Å²) in [5, 5.41) is 0. The molecule has 0 amide bonds. The van der Waals surface area contributed by atoms with Crippen LogP contribution in [-0.4, -0.2) is 4.57 Å². The molecule has 2 aromatic rings. The second-order valence-corrected chi connectivity index (χ2v) is 6.76. The average Bonchev–Trinajstić information content (AvgIpc) is 2.77. The Kier molecular flexibility index (Phi) is 3.51. The van der Waals surface area contributed by atoms with Gasteiger partial charge in [-0.3, -0.25) is 0 Å². The van der Waals surface area contributed by atoms with Crippen LogP contribution in [0.4, 0.5) is 0 Å². The number of hydrogen-bond donors (Lipinski definition) is 1. The van der Waals surface area contributed by atoms with Crippen LogP contribution in [0, 0.1) is 3.57 Å². The molecule has 94 valence electrons. The zero-order valence-electron chi connectivity index (χ0n) is 9.87. The third kappa shape index (κ3) is 2.14. The highest BCUT2D eigenvalue weighted by molar-refractivity contribution is 14.1. The van der Waals surface area contributed by atoms with Crippen LogP contribution < -0.4 is 5.73 Å². The van der Waals surface area contributed by atoms with Crippen LogP contribution in [0.3, 0.4) is 0 Å². The van der Waals surface area contributed by atoms with E-state index in [2.05, 4.69) is 73.6 Å². The van der Waals surface area contributed by atoms with Crippen LogP contribution in [0.2, 0.25) is 0 Å². The fourth-order valence-corrected chi connectivity index (χ4v) is 3.57. The van der Waals surface area contributed by atoms with Crippen LogP contribution in [-0.2, 0) is 6.42 Å². The van der Waals surface area contributed by atoms with Crippen molar-refractivity contribution in [1.29, 1.82) is 0 Å². The predicted molar refractivity (Wildman–Crippen MR) is 86.1 cm³/mol. The number of aromatic nitrogens is 1. The van der Waals surface area contributed by atoms with Gasteiger partial charge in [0.1, 0.15) is 0 Å². The Morgan fingerprint density at radius 2 is 2.17 bits per heavy atom. The lowest BCUT2D eigenvalue weighted by atomic mass is 9.93. The smallest absolute Gasteiger partial charge is 0.0597 e. The first-order chi connectivity index (χ1) is 8.66. The van der Waals surface area contributed by atoms with Gasteiger partial charge in [-0.1, -0.05) is 15.9 Å². The molecule has 0 saturated heterocycles. The van der Waals surface area contributed by atoms with Crippen LogP contribution in [0.15, 0.2) is 34.9 Å². The van der Waals surface area contributed by atoms with Crippen molar-refractivity contribution in [2.45, 2.75) is 25.3 Å². The highest BCUT2D eigenvalue weighted by Gasteiger charge is 2.21. The second-order valence-electron chi connectivity index (χ2n) is 4.68. The molecule has 1 aliphatic rings. The zero-order valence-corrected chi connectivity index (χ0v) is 13.6. The Hall–Kier alpha value is -0.330. The summed E-state index contributed by atoms with van der Waals surface area (Å²) in [7, 11) is 0. The van der Waals surface area contributed by atoms with Crippen molar-refractivity contribution >= 4 is 38.5 Å². The van der Waals surface area contributed by atoms with E-state index in [4.69, 9.17) is 5.73 Å². The van der Waals surface area contributed by atoms with E-state index in [1.54, 1.807) is 0 Å². The maximum Gasteiger partial charge on any atom is 0.0597 e. The second kappa shape index (κ2) is 4.98. The van der Waals surface area contributed by atoms with Gasteiger partial charge in [0.25, 0.3) is 0 Å². The molecule has 1 aromatic carbocycles. The molecular weight excluding hydrogens is 403 g/mol. The SMILES string of the molecule is NC1CCCc2c1ccn2-c1cc(Br)ccc1I. The van der Waals surface area contributed by atoms with Gasteiger partial charge in [-0.15, -0.1) is 0 Å². The number of halogens is 2. The van der Waals surface area contributed by atoms with Gasteiger partial charge >= 0.3 is 0 Å². The quantitative estimate of drug-likeness (QED) is 0.694. The molecule has 2 N–H and O–H groups in total. The van der Waals surface area contributed by atoms with Crippen LogP contribution in [0.5, 0.6) is 0 Å². The number of nitrogens with zero attached hydrogens (tertiary/aromatic N) is 1. The largest absolute Gasteiger partial charge is 0.324 e. The number of nitrogens with two attached hydrogens (primary N) is 1. The number of rotatable bonds is 1. The summed E-state index contributed by atoms with van der Waals surface area (Å²) < 4.78 is 4.66. The first kappa shape index (κ1) is 12.7. The van der Waals surface area contributed by atoms with Gasteiger partial charge in [-0.25, -0.2) is 0 Å². The molecule has 3 rings (SSSR count). The highest BCUT2D eigenvalue weighted by Crippen LogP contribution is 2.32.